The highest BCUT2D eigenvalue weighted by molar-refractivity contribution is 6.31. The first kappa shape index (κ1) is 24.2. The molecular weight excluding hydrogens is 486 g/mol. The van der Waals surface area contributed by atoms with Crippen molar-refractivity contribution < 1.29 is 27.2 Å². The summed E-state index contributed by atoms with van der Waals surface area (Å²) in [7, 11) is 0. The number of hydrogen-bond acceptors (Lipinski definition) is 3. The summed E-state index contributed by atoms with van der Waals surface area (Å²) in [4.78, 5) is 27.0. The van der Waals surface area contributed by atoms with Gasteiger partial charge < -0.3 is 10.2 Å². The van der Waals surface area contributed by atoms with Crippen molar-refractivity contribution in [1.82, 2.24) is 5.32 Å². The van der Waals surface area contributed by atoms with Gasteiger partial charge in [-0.15, -0.1) is 0 Å². The van der Waals surface area contributed by atoms with Crippen molar-refractivity contribution in [2.75, 3.05) is 4.90 Å². The van der Waals surface area contributed by atoms with Crippen LogP contribution < -0.4 is 10.2 Å². The molecule has 0 aromatic heterocycles. The Morgan fingerprint density at radius 3 is 2.37 bits per heavy atom. The quantitative estimate of drug-likeness (QED) is 0.491. The summed E-state index contributed by atoms with van der Waals surface area (Å²) >= 11 is 6.11. The molecule has 3 aromatic carbocycles. The zero-order chi connectivity index (χ0) is 25.5. The molecule has 2 amide bonds. The summed E-state index contributed by atoms with van der Waals surface area (Å²) in [6.07, 6.45) is 0. The van der Waals surface area contributed by atoms with E-state index in [4.69, 9.17) is 11.6 Å². The first-order valence-corrected chi connectivity index (χ1v) is 10.7. The van der Waals surface area contributed by atoms with E-state index in [0.717, 1.165) is 0 Å². The van der Waals surface area contributed by atoms with Crippen LogP contribution in [0.25, 0.3) is 0 Å². The van der Waals surface area contributed by atoms with E-state index in [0.29, 0.717) is 17.7 Å². The van der Waals surface area contributed by atoms with Crippen molar-refractivity contribution in [1.29, 1.82) is 5.26 Å². The van der Waals surface area contributed by atoms with E-state index in [9.17, 15) is 32.4 Å². The molecule has 1 N–H and O–H groups in total. The number of halogens is 5. The fourth-order valence-corrected chi connectivity index (χ4v) is 4.15. The molecule has 0 saturated carbocycles. The Labute approximate surface area is 202 Å². The third kappa shape index (κ3) is 4.21. The number of nitriles is 1. The smallest absolute Gasteiger partial charge is 0.252 e. The highest BCUT2D eigenvalue weighted by Crippen LogP contribution is 2.43. The van der Waals surface area contributed by atoms with Crippen LogP contribution in [-0.4, -0.2) is 11.8 Å². The Bertz CT molecular complexity index is 1380. The van der Waals surface area contributed by atoms with Gasteiger partial charge in [0.15, 0.2) is 5.41 Å². The Morgan fingerprint density at radius 1 is 1.06 bits per heavy atom. The molecule has 10 heteroatoms. The summed E-state index contributed by atoms with van der Waals surface area (Å²) in [6, 6.07) is 11.1. The van der Waals surface area contributed by atoms with Gasteiger partial charge in [0.05, 0.1) is 18.3 Å². The first-order chi connectivity index (χ1) is 16.6. The van der Waals surface area contributed by atoms with Crippen LogP contribution in [0.4, 0.5) is 23.2 Å². The van der Waals surface area contributed by atoms with Crippen LogP contribution in [0.3, 0.4) is 0 Å². The third-order valence-electron chi connectivity index (χ3n) is 5.90. The second-order valence-corrected chi connectivity index (χ2v) is 8.50. The molecule has 178 valence electrons. The lowest BCUT2D eigenvalue weighted by atomic mass is 9.85. The molecule has 3 aromatic rings. The molecule has 0 fully saturated rings. The fourth-order valence-electron chi connectivity index (χ4n) is 3.93. The zero-order valence-electron chi connectivity index (χ0n) is 18.1. The molecule has 0 aliphatic carbocycles. The Balaban J connectivity index is 1.66. The molecule has 1 heterocycles. The normalized spacial score (nSPS) is 16.7. The van der Waals surface area contributed by atoms with E-state index < -0.39 is 52.6 Å². The zero-order valence-corrected chi connectivity index (χ0v) is 18.9. The van der Waals surface area contributed by atoms with Gasteiger partial charge in [-0.25, -0.2) is 17.6 Å². The molecule has 1 unspecified atom stereocenters. The van der Waals surface area contributed by atoms with Crippen LogP contribution in [-0.2, 0) is 23.3 Å². The van der Waals surface area contributed by atoms with E-state index in [1.165, 1.54) is 48.2 Å². The first-order valence-electron chi connectivity index (χ1n) is 10.3. The molecule has 5 nitrogen and oxygen atoms in total. The molecule has 0 saturated heterocycles. The highest BCUT2D eigenvalue weighted by atomic mass is 35.5. The molecule has 1 aliphatic rings. The lowest BCUT2D eigenvalue weighted by Gasteiger charge is -2.20. The Kier molecular flexibility index (Phi) is 6.26. The summed E-state index contributed by atoms with van der Waals surface area (Å²) < 4.78 is 55.3. The number of carbonyl (C=O) groups excluding carboxylic acids is 2. The molecule has 1 atom stereocenters. The Hall–Kier alpha value is -3.90. The van der Waals surface area contributed by atoms with Gasteiger partial charge in [0.1, 0.15) is 23.3 Å². The van der Waals surface area contributed by atoms with Crippen LogP contribution in [0.1, 0.15) is 34.0 Å². The van der Waals surface area contributed by atoms with Crippen molar-refractivity contribution in [3.63, 3.8) is 0 Å². The molecule has 0 bridgehead atoms. The van der Waals surface area contributed by atoms with Crippen molar-refractivity contribution in [2.45, 2.75) is 25.4 Å². The standard InChI is InChI=1S/C25H16ClF4N3O2/c1-25(12-31)17-6-5-13(23(34)32-10-15-20(29)8-14(27)9-21(15)30)7-22(17)33(24(25)35)11-16-18(26)3-2-4-19(16)28/h2-9H,10-11H2,1H3,(H,32,34). The number of hydrogen-bond donors (Lipinski definition) is 1. The minimum Gasteiger partial charge on any atom is -0.348 e. The van der Waals surface area contributed by atoms with E-state index in [-0.39, 0.29) is 28.4 Å². The van der Waals surface area contributed by atoms with Crippen LogP contribution in [0, 0.1) is 34.6 Å². The minimum absolute atomic E-state index is 0.0197. The van der Waals surface area contributed by atoms with Gasteiger partial charge in [-0.2, -0.15) is 5.26 Å². The predicted octanol–water partition coefficient (Wildman–Crippen LogP) is 5.15. The number of anilines is 1. The maximum Gasteiger partial charge on any atom is 0.252 e. The van der Waals surface area contributed by atoms with E-state index in [2.05, 4.69) is 5.32 Å². The van der Waals surface area contributed by atoms with Crippen LogP contribution in [0.2, 0.25) is 5.02 Å². The average molecular weight is 502 g/mol. The highest BCUT2D eigenvalue weighted by Gasteiger charge is 2.48. The van der Waals surface area contributed by atoms with Gasteiger partial charge in [-0.05, 0) is 31.2 Å². The van der Waals surface area contributed by atoms with Crippen molar-refractivity contribution in [3.8, 4) is 6.07 Å². The number of benzene rings is 3. The second-order valence-electron chi connectivity index (χ2n) is 8.09. The Morgan fingerprint density at radius 2 is 1.74 bits per heavy atom. The summed E-state index contributed by atoms with van der Waals surface area (Å²) in [6.45, 7) is 0.569. The van der Waals surface area contributed by atoms with Gasteiger partial charge in [0, 0.05) is 46.0 Å². The number of rotatable bonds is 5. The maximum atomic E-state index is 14.4. The topological polar surface area (TPSA) is 73.2 Å². The maximum absolute atomic E-state index is 14.4. The molecule has 1 aliphatic heterocycles. The fraction of sp³-hybridized carbons (Fsp3) is 0.160. The van der Waals surface area contributed by atoms with Crippen molar-refractivity contribution in [2.24, 2.45) is 0 Å². The number of nitrogens with one attached hydrogen (secondary N) is 1. The van der Waals surface area contributed by atoms with Crippen LogP contribution >= 0.6 is 11.6 Å². The second kappa shape index (κ2) is 9.04. The number of nitrogens with zero attached hydrogens (tertiary/aromatic N) is 2. The third-order valence-corrected chi connectivity index (χ3v) is 6.25. The van der Waals surface area contributed by atoms with E-state index >= 15 is 0 Å². The minimum atomic E-state index is -1.58. The number of carbonyl (C=O) groups is 2. The van der Waals surface area contributed by atoms with Gasteiger partial charge in [-0.3, -0.25) is 9.59 Å². The van der Waals surface area contributed by atoms with Crippen LogP contribution in [0.15, 0.2) is 48.5 Å². The average Bonchev–Trinajstić information content (AvgIpc) is 3.02. The monoisotopic (exact) mass is 501 g/mol. The van der Waals surface area contributed by atoms with Gasteiger partial charge in [0.25, 0.3) is 11.8 Å². The number of amides is 2. The number of fused-ring (bicyclic) bond motifs is 1. The van der Waals surface area contributed by atoms with Gasteiger partial charge in [-0.1, -0.05) is 23.7 Å². The molecular formula is C25H16ClF4N3O2. The van der Waals surface area contributed by atoms with Crippen molar-refractivity contribution in [3.05, 3.63) is 99.1 Å². The SMILES string of the molecule is CC1(C#N)C(=O)N(Cc2c(F)cccc2Cl)c2cc(C(=O)NCc3c(F)cc(F)cc3F)ccc21. The van der Waals surface area contributed by atoms with Crippen LogP contribution in [0.5, 0.6) is 0 Å². The van der Waals surface area contributed by atoms with E-state index in [1.807, 2.05) is 6.07 Å². The molecule has 0 spiro atoms. The largest absolute Gasteiger partial charge is 0.348 e. The molecule has 4 rings (SSSR count). The summed E-state index contributed by atoms with van der Waals surface area (Å²) in [5.41, 5.74) is -1.54. The van der Waals surface area contributed by atoms with Gasteiger partial charge in [0.2, 0.25) is 0 Å². The summed E-state index contributed by atoms with van der Waals surface area (Å²) in [5.74, 6) is -5.40. The lowest BCUT2D eigenvalue weighted by molar-refractivity contribution is -0.121. The van der Waals surface area contributed by atoms with Crippen molar-refractivity contribution >= 4 is 29.1 Å². The van der Waals surface area contributed by atoms with Gasteiger partial charge >= 0.3 is 0 Å². The van der Waals surface area contributed by atoms with E-state index in [1.54, 1.807) is 0 Å². The molecule has 0 radical (unpaired) electrons. The molecule has 35 heavy (non-hydrogen) atoms. The lowest BCUT2D eigenvalue weighted by Crippen LogP contribution is -2.37. The summed E-state index contributed by atoms with van der Waals surface area (Å²) in [5, 5.41) is 12.2. The predicted molar refractivity (Wildman–Crippen MR) is 119 cm³/mol.